The van der Waals surface area contributed by atoms with Crippen LogP contribution in [-0.4, -0.2) is 33.1 Å². The highest BCUT2D eigenvalue weighted by Crippen LogP contribution is 2.25. The Bertz CT molecular complexity index is 1600. The molecule has 0 radical (unpaired) electrons. The number of aryl methyl sites for hydroxylation is 2. The second-order valence-corrected chi connectivity index (χ2v) is 10.7. The van der Waals surface area contributed by atoms with Crippen molar-refractivity contribution in [2.45, 2.75) is 46.0 Å². The van der Waals surface area contributed by atoms with E-state index in [-0.39, 0.29) is 0 Å². The Kier molecular flexibility index (Phi) is 7.99. The lowest BCUT2D eigenvalue weighted by Crippen LogP contribution is -1.99. The summed E-state index contributed by atoms with van der Waals surface area (Å²) < 4.78 is 11.9. The Labute approximate surface area is 240 Å². The van der Waals surface area contributed by atoms with E-state index in [1.807, 2.05) is 24.3 Å². The molecule has 0 spiro atoms. The van der Waals surface area contributed by atoms with E-state index in [1.165, 1.54) is 17.5 Å². The van der Waals surface area contributed by atoms with Crippen LogP contribution in [0.25, 0.3) is 44.8 Å². The molecular weight excluding hydrogens is 508 g/mol. The van der Waals surface area contributed by atoms with Crippen LogP contribution in [0.2, 0.25) is 0 Å². The summed E-state index contributed by atoms with van der Waals surface area (Å²) in [4.78, 5) is 16.2. The third kappa shape index (κ3) is 6.60. The number of nitrogens with one attached hydrogen (secondary N) is 2. The number of hydrogen-bond acceptors (Lipinski definition) is 4. The highest BCUT2D eigenvalue weighted by atomic mass is 16.5. The maximum absolute atomic E-state index is 5.96. The molecule has 6 rings (SSSR count). The van der Waals surface area contributed by atoms with Gasteiger partial charge in [0.25, 0.3) is 0 Å². The highest BCUT2D eigenvalue weighted by Gasteiger charge is 2.07. The summed E-state index contributed by atoms with van der Waals surface area (Å²) >= 11 is 0. The number of ether oxygens (including phenoxy) is 2. The summed E-state index contributed by atoms with van der Waals surface area (Å²) in [6, 6.07) is 28.9. The van der Waals surface area contributed by atoms with Gasteiger partial charge < -0.3 is 19.4 Å². The molecule has 0 saturated heterocycles. The first kappa shape index (κ1) is 26.6. The molecule has 0 fully saturated rings. The van der Waals surface area contributed by atoms with Crippen molar-refractivity contribution in [2.24, 2.45) is 0 Å². The lowest BCUT2D eigenvalue weighted by molar-refractivity contribution is 0.293. The molecule has 2 N–H and O–H groups in total. The van der Waals surface area contributed by atoms with Crippen LogP contribution in [0.1, 0.15) is 43.2 Å². The highest BCUT2D eigenvalue weighted by molar-refractivity contribution is 5.81. The number of imidazole rings is 2. The molecule has 0 atom stereocenters. The van der Waals surface area contributed by atoms with Crippen LogP contribution >= 0.6 is 0 Å². The van der Waals surface area contributed by atoms with Gasteiger partial charge in [-0.25, -0.2) is 9.97 Å². The fourth-order valence-electron chi connectivity index (χ4n) is 5.05. The van der Waals surface area contributed by atoms with E-state index in [0.29, 0.717) is 0 Å². The van der Waals surface area contributed by atoms with Gasteiger partial charge in [-0.1, -0.05) is 31.4 Å². The van der Waals surface area contributed by atoms with E-state index < -0.39 is 0 Å². The Morgan fingerprint density at radius 2 is 0.927 bits per heavy atom. The van der Waals surface area contributed by atoms with Gasteiger partial charge in [0.05, 0.1) is 35.3 Å². The molecule has 41 heavy (non-hydrogen) atoms. The summed E-state index contributed by atoms with van der Waals surface area (Å²) in [6.45, 7) is 5.65. The number of hydrogen-bond donors (Lipinski definition) is 2. The third-order valence-corrected chi connectivity index (χ3v) is 7.36. The van der Waals surface area contributed by atoms with E-state index in [0.717, 1.165) is 95.2 Å². The Morgan fingerprint density at radius 1 is 0.512 bits per heavy atom. The average molecular weight is 545 g/mol. The fraction of sp³-hybridized carbons (Fsp3) is 0.257. The first-order valence-corrected chi connectivity index (χ1v) is 14.5. The van der Waals surface area contributed by atoms with Crippen molar-refractivity contribution in [1.29, 1.82) is 0 Å². The maximum atomic E-state index is 5.96. The summed E-state index contributed by atoms with van der Waals surface area (Å²) in [5.74, 6) is 3.57. The van der Waals surface area contributed by atoms with Gasteiger partial charge in [0.15, 0.2) is 0 Å². The van der Waals surface area contributed by atoms with Gasteiger partial charge in [-0.2, -0.15) is 0 Å². The van der Waals surface area contributed by atoms with Gasteiger partial charge in [-0.3, -0.25) is 0 Å². The van der Waals surface area contributed by atoms with Crippen molar-refractivity contribution in [2.75, 3.05) is 13.2 Å². The summed E-state index contributed by atoms with van der Waals surface area (Å²) in [6.07, 6.45) is 5.59. The number of aromatic amines is 2. The van der Waals surface area contributed by atoms with E-state index in [4.69, 9.17) is 19.4 Å². The van der Waals surface area contributed by atoms with Gasteiger partial charge in [0.2, 0.25) is 0 Å². The number of aromatic nitrogens is 4. The van der Waals surface area contributed by atoms with E-state index in [9.17, 15) is 0 Å². The fourth-order valence-corrected chi connectivity index (χ4v) is 5.05. The van der Waals surface area contributed by atoms with E-state index in [2.05, 4.69) is 84.5 Å². The van der Waals surface area contributed by atoms with Gasteiger partial charge in [-0.15, -0.1) is 0 Å². The number of nitrogens with zero attached hydrogens (tertiary/aromatic N) is 2. The first-order chi connectivity index (χ1) is 20.1. The largest absolute Gasteiger partial charge is 0.494 e. The van der Waals surface area contributed by atoms with Crippen LogP contribution in [0.5, 0.6) is 11.5 Å². The quantitative estimate of drug-likeness (QED) is 0.151. The van der Waals surface area contributed by atoms with Crippen LogP contribution < -0.4 is 9.47 Å². The van der Waals surface area contributed by atoms with Crippen molar-refractivity contribution in [3.05, 3.63) is 96.1 Å². The molecule has 2 heterocycles. The number of benzene rings is 4. The van der Waals surface area contributed by atoms with E-state index >= 15 is 0 Å². The molecule has 6 aromatic rings. The van der Waals surface area contributed by atoms with Gasteiger partial charge in [-0.05, 0) is 111 Å². The van der Waals surface area contributed by atoms with Crippen molar-refractivity contribution in [3.63, 3.8) is 0 Å². The molecule has 0 aliphatic rings. The van der Waals surface area contributed by atoms with Gasteiger partial charge in [0, 0.05) is 11.1 Å². The van der Waals surface area contributed by atoms with Crippen LogP contribution in [-0.2, 0) is 0 Å². The van der Waals surface area contributed by atoms with Gasteiger partial charge >= 0.3 is 0 Å². The minimum Gasteiger partial charge on any atom is -0.494 e. The molecule has 0 aliphatic carbocycles. The molecule has 6 nitrogen and oxygen atoms in total. The molecule has 0 aliphatic heterocycles. The van der Waals surface area contributed by atoms with Crippen LogP contribution in [0, 0.1) is 13.8 Å². The van der Waals surface area contributed by atoms with E-state index in [1.54, 1.807) is 0 Å². The molecule has 0 saturated carbocycles. The summed E-state index contributed by atoms with van der Waals surface area (Å²) in [5, 5.41) is 0. The van der Waals surface area contributed by atoms with Crippen molar-refractivity contribution in [1.82, 2.24) is 19.9 Å². The van der Waals surface area contributed by atoms with Crippen molar-refractivity contribution in [3.8, 4) is 34.3 Å². The third-order valence-electron chi connectivity index (χ3n) is 7.36. The minimum atomic E-state index is 0.733. The predicted molar refractivity (Wildman–Crippen MR) is 167 cm³/mol. The minimum absolute atomic E-state index is 0.733. The van der Waals surface area contributed by atoms with Crippen LogP contribution in [0.4, 0.5) is 0 Å². The Balaban J connectivity index is 0.857. The molecule has 0 bridgehead atoms. The standard InChI is InChI=1S/C35H36N4O2/c1-24-8-18-30-32(22-24)38-34(36-30)26-10-14-28(15-11-26)40-20-6-4-3-5-7-21-41-29-16-12-27(13-17-29)35-37-31-19-9-25(2)23-33(31)39-35/h8-19,22-23H,3-7,20-21H2,1-2H3,(H,36,38)(H,37,39). The average Bonchev–Trinajstić information content (AvgIpc) is 3.61. The molecule has 0 unspecified atom stereocenters. The van der Waals surface area contributed by atoms with Crippen molar-refractivity contribution >= 4 is 22.1 Å². The lowest BCUT2D eigenvalue weighted by atomic mass is 10.1. The molecular formula is C35H36N4O2. The molecule has 4 aromatic carbocycles. The smallest absolute Gasteiger partial charge is 0.138 e. The first-order valence-electron chi connectivity index (χ1n) is 14.5. The molecule has 6 heteroatoms. The van der Waals surface area contributed by atoms with Crippen molar-refractivity contribution < 1.29 is 9.47 Å². The van der Waals surface area contributed by atoms with Crippen LogP contribution in [0.15, 0.2) is 84.9 Å². The molecule has 2 aromatic heterocycles. The maximum Gasteiger partial charge on any atom is 0.138 e. The Morgan fingerprint density at radius 3 is 1.37 bits per heavy atom. The zero-order valence-electron chi connectivity index (χ0n) is 23.7. The molecule has 208 valence electrons. The summed E-state index contributed by atoms with van der Waals surface area (Å²) in [5.41, 5.74) is 8.67. The normalized spacial score (nSPS) is 11.4. The van der Waals surface area contributed by atoms with Gasteiger partial charge in [0.1, 0.15) is 23.1 Å². The monoisotopic (exact) mass is 544 g/mol. The SMILES string of the molecule is Cc1ccc2nc(-c3ccc(OCCCCCCCOc4ccc(-c5nc6ccc(C)cc6[nH]5)cc4)cc3)[nH]c2c1. The zero-order chi connectivity index (χ0) is 28.0. The number of unbranched alkanes of at least 4 members (excludes halogenated alkanes) is 4. The second-order valence-electron chi connectivity index (χ2n) is 10.7. The number of H-pyrrole nitrogens is 2. The summed E-state index contributed by atoms with van der Waals surface area (Å²) in [7, 11) is 0. The predicted octanol–water partition coefficient (Wildman–Crippen LogP) is 8.80. The topological polar surface area (TPSA) is 75.8 Å². The number of rotatable bonds is 12. The Hall–Kier alpha value is -4.58. The molecule has 0 amide bonds. The van der Waals surface area contributed by atoms with Crippen LogP contribution in [0.3, 0.4) is 0 Å². The lowest BCUT2D eigenvalue weighted by Gasteiger charge is -2.08. The second kappa shape index (κ2) is 12.3. The zero-order valence-corrected chi connectivity index (χ0v) is 23.7. The number of fused-ring (bicyclic) bond motifs is 2.